The molecule has 1 aliphatic rings. The molecule has 0 saturated carbocycles. The van der Waals surface area contributed by atoms with Gasteiger partial charge in [-0.25, -0.2) is 4.79 Å². The quantitative estimate of drug-likeness (QED) is 0.569. The van der Waals surface area contributed by atoms with Crippen LogP contribution in [-0.2, 0) is 19.1 Å². The number of benzene rings is 2. The van der Waals surface area contributed by atoms with Crippen molar-refractivity contribution in [2.45, 2.75) is 19.1 Å². The summed E-state index contributed by atoms with van der Waals surface area (Å²) in [4.78, 5) is 17.4. The molecule has 0 aliphatic carbocycles. The number of fused-ring (bicyclic) bond motifs is 3. The molecule has 0 bridgehead atoms. The monoisotopic (exact) mass is 393 g/mol. The Morgan fingerprint density at radius 3 is 2.74 bits per heavy atom. The highest BCUT2D eigenvalue weighted by Gasteiger charge is 2.31. The zero-order chi connectivity index (χ0) is 19.2. The predicted octanol–water partition coefficient (Wildman–Crippen LogP) is 5.43. The van der Waals surface area contributed by atoms with E-state index in [0.29, 0.717) is 19.5 Å². The fraction of sp³-hybridized carbons (Fsp3) is 0.211. The zero-order valence-corrected chi connectivity index (χ0v) is 14.8. The maximum atomic E-state index is 12.9. The van der Waals surface area contributed by atoms with E-state index in [0.717, 1.165) is 34.8 Å². The Bertz CT molecular complexity index is 1030. The number of H-pyrrole nitrogens is 1. The Morgan fingerprint density at radius 2 is 1.96 bits per heavy atom. The van der Waals surface area contributed by atoms with Crippen molar-refractivity contribution in [2.24, 2.45) is 0 Å². The molecule has 0 spiro atoms. The van der Waals surface area contributed by atoms with E-state index in [-0.39, 0.29) is 10.7 Å². The summed E-state index contributed by atoms with van der Waals surface area (Å²) < 4.78 is 38.7. The molecule has 4 rings (SSSR count). The van der Waals surface area contributed by atoms with Crippen LogP contribution in [-0.4, -0.2) is 22.5 Å². The summed E-state index contributed by atoms with van der Waals surface area (Å²) in [6, 6.07) is 10.3. The Morgan fingerprint density at radius 1 is 1.19 bits per heavy atom. The SMILES string of the molecule is O=C(Nc1cc(C(F)(F)F)ccc1Cl)N1CCc2c([nH]c3ccccc23)C1. The Labute approximate surface area is 157 Å². The molecular weight excluding hydrogens is 379 g/mol. The largest absolute Gasteiger partial charge is 0.416 e. The maximum Gasteiger partial charge on any atom is 0.416 e. The molecular formula is C19H15ClF3N3O. The standard InChI is InChI=1S/C19H15ClF3N3O/c20-14-6-5-11(19(21,22)23)9-16(14)25-18(27)26-8-7-13-12-3-1-2-4-15(12)24-17(13)10-26/h1-6,9,24H,7-8,10H2,(H,25,27). The fourth-order valence-electron chi connectivity index (χ4n) is 3.36. The summed E-state index contributed by atoms with van der Waals surface area (Å²) >= 11 is 5.96. The highest BCUT2D eigenvalue weighted by molar-refractivity contribution is 6.33. The lowest BCUT2D eigenvalue weighted by Crippen LogP contribution is -2.38. The highest BCUT2D eigenvalue weighted by atomic mass is 35.5. The van der Waals surface area contributed by atoms with Gasteiger partial charge in [0.25, 0.3) is 0 Å². The molecule has 2 heterocycles. The van der Waals surface area contributed by atoms with Crippen LogP contribution in [0.3, 0.4) is 0 Å². The van der Waals surface area contributed by atoms with Crippen molar-refractivity contribution in [1.82, 2.24) is 9.88 Å². The van der Waals surface area contributed by atoms with E-state index in [4.69, 9.17) is 11.6 Å². The van der Waals surface area contributed by atoms with Crippen LogP contribution in [0.2, 0.25) is 5.02 Å². The number of carbonyl (C=O) groups excluding carboxylic acids is 1. The van der Waals surface area contributed by atoms with Crippen LogP contribution in [0.5, 0.6) is 0 Å². The molecule has 8 heteroatoms. The van der Waals surface area contributed by atoms with Gasteiger partial charge in [0.15, 0.2) is 0 Å². The number of nitrogens with one attached hydrogen (secondary N) is 2. The van der Waals surface area contributed by atoms with Gasteiger partial charge in [-0.05, 0) is 36.2 Å². The first-order valence-electron chi connectivity index (χ1n) is 8.34. The third-order valence-corrected chi connectivity index (χ3v) is 5.03. The van der Waals surface area contributed by atoms with Crippen LogP contribution in [0.15, 0.2) is 42.5 Å². The molecule has 140 valence electrons. The smallest absolute Gasteiger partial charge is 0.357 e. The Kier molecular flexibility index (Phi) is 4.26. The van der Waals surface area contributed by atoms with Gasteiger partial charge >= 0.3 is 12.2 Å². The summed E-state index contributed by atoms with van der Waals surface area (Å²) in [6.07, 6.45) is -3.84. The number of anilines is 1. The van der Waals surface area contributed by atoms with E-state index < -0.39 is 17.8 Å². The molecule has 0 fully saturated rings. The first-order chi connectivity index (χ1) is 12.8. The molecule has 0 saturated heterocycles. The summed E-state index contributed by atoms with van der Waals surface area (Å²) in [5, 5.41) is 3.69. The fourth-order valence-corrected chi connectivity index (χ4v) is 3.52. The van der Waals surface area contributed by atoms with Gasteiger partial charge < -0.3 is 15.2 Å². The number of aromatic amines is 1. The van der Waals surface area contributed by atoms with Crippen LogP contribution in [0.4, 0.5) is 23.7 Å². The lowest BCUT2D eigenvalue weighted by molar-refractivity contribution is -0.137. The highest BCUT2D eigenvalue weighted by Crippen LogP contribution is 2.34. The Hall–Kier alpha value is -2.67. The molecule has 0 unspecified atom stereocenters. The van der Waals surface area contributed by atoms with Gasteiger partial charge in [0, 0.05) is 23.1 Å². The topological polar surface area (TPSA) is 48.1 Å². The molecule has 3 aromatic rings. The minimum atomic E-state index is -4.51. The van der Waals surface area contributed by atoms with Crippen molar-refractivity contribution in [1.29, 1.82) is 0 Å². The van der Waals surface area contributed by atoms with Gasteiger partial charge in [-0.2, -0.15) is 13.2 Å². The second kappa shape index (κ2) is 6.49. The normalized spacial score (nSPS) is 14.3. The van der Waals surface area contributed by atoms with Gasteiger partial charge in [0.05, 0.1) is 22.8 Å². The molecule has 2 amide bonds. The number of aromatic nitrogens is 1. The number of alkyl halides is 3. The molecule has 27 heavy (non-hydrogen) atoms. The first kappa shape index (κ1) is 17.7. The number of carbonyl (C=O) groups is 1. The van der Waals surface area contributed by atoms with Crippen molar-refractivity contribution in [3.8, 4) is 0 Å². The molecule has 2 N–H and O–H groups in total. The lowest BCUT2D eigenvalue weighted by Gasteiger charge is -2.27. The number of nitrogens with zero attached hydrogens (tertiary/aromatic N) is 1. The molecule has 0 atom stereocenters. The zero-order valence-electron chi connectivity index (χ0n) is 14.0. The number of urea groups is 1. The van der Waals surface area contributed by atoms with Gasteiger partial charge in [-0.15, -0.1) is 0 Å². The lowest BCUT2D eigenvalue weighted by atomic mass is 10.0. The van der Waals surface area contributed by atoms with Crippen molar-refractivity contribution < 1.29 is 18.0 Å². The van der Waals surface area contributed by atoms with Crippen molar-refractivity contribution in [2.75, 3.05) is 11.9 Å². The molecule has 1 aliphatic heterocycles. The van der Waals surface area contributed by atoms with Crippen molar-refractivity contribution in [3.05, 3.63) is 64.3 Å². The van der Waals surface area contributed by atoms with Crippen LogP contribution < -0.4 is 5.32 Å². The van der Waals surface area contributed by atoms with E-state index in [1.807, 2.05) is 24.3 Å². The molecule has 1 aromatic heterocycles. The van der Waals surface area contributed by atoms with E-state index >= 15 is 0 Å². The Balaban J connectivity index is 1.55. The average Bonchev–Trinajstić information content (AvgIpc) is 3.00. The number of amides is 2. The predicted molar refractivity (Wildman–Crippen MR) is 97.9 cm³/mol. The third-order valence-electron chi connectivity index (χ3n) is 4.71. The summed E-state index contributed by atoms with van der Waals surface area (Å²) in [7, 11) is 0. The van der Waals surface area contributed by atoms with Gasteiger partial charge in [-0.1, -0.05) is 29.8 Å². The average molecular weight is 394 g/mol. The van der Waals surface area contributed by atoms with Gasteiger partial charge in [0.2, 0.25) is 0 Å². The van der Waals surface area contributed by atoms with Crippen LogP contribution in [0, 0.1) is 0 Å². The van der Waals surface area contributed by atoms with Crippen LogP contribution in [0.25, 0.3) is 10.9 Å². The van der Waals surface area contributed by atoms with E-state index in [2.05, 4.69) is 10.3 Å². The van der Waals surface area contributed by atoms with Gasteiger partial charge in [0.1, 0.15) is 0 Å². The van der Waals surface area contributed by atoms with Gasteiger partial charge in [-0.3, -0.25) is 0 Å². The molecule has 2 aromatic carbocycles. The van der Waals surface area contributed by atoms with Crippen LogP contribution >= 0.6 is 11.6 Å². The molecule has 0 radical (unpaired) electrons. The maximum absolute atomic E-state index is 12.9. The second-order valence-electron chi connectivity index (χ2n) is 6.42. The first-order valence-corrected chi connectivity index (χ1v) is 8.72. The van der Waals surface area contributed by atoms with Crippen LogP contribution in [0.1, 0.15) is 16.8 Å². The van der Waals surface area contributed by atoms with Crippen molar-refractivity contribution in [3.63, 3.8) is 0 Å². The molecule has 4 nitrogen and oxygen atoms in total. The minimum Gasteiger partial charge on any atom is -0.357 e. The minimum absolute atomic E-state index is 0.0552. The van der Waals surface area contributed by atoms with Crippen molar-refractivity contribution >= 4 is 34.2 Å². The number of hydrogen-bond donors (Lipinski definition) is 2. The number of para-hydroxylation sites is 1. The summed E-state index contributed by atoms with van der Waals surface area (Å²) in [5.41, 5.74) is 2.20. The van der Waals surface area contributed by atoms with E-state index in [9.17, 15) is 18.0 Å². The number of halogens is 4. The number of hydrogen-bond acceptors (Lipinski definition) is 1. The summed E-state index contributed by atoms with van der Waals surface area (Å²) in [6.45, 7) is 0.823. The number of rotatable bonds is 1. The second-order valence-corrected chi connectivity index (χ2v) is 6.83. The van der Waals surface area contributed by atoms with E-state index in [1.54, 1.807) is 4.90 Å². The van der Waals surface area contributed by atoms with E-state index in [1.165, 1.54) is 5.56 Å². The third kappa shape index (κ3) is 3.35. The summed E-state index contributed by atoms with van der Waals surface area (Å²) in [5.74, 6) is 0.